The summed E-state index contributed by atoms with van der Waals surface area (Å²) in [7, 11) is 0. The number of aromatic nitrogens is 1. The molecule has 4 nitrogen and oxygen atoms in total. The third kappa shape index (κ3) is 3.37. The molecule has 0 aromatic carbocycles. The molecule has 1 amide bonds. The van der Waals surface area contributed by atoms with Gasteiger partial charge in [0.2, 0.25) is 5.91 Å². The summed E-state index contributed by atoms with van der Waals surface area (Å²) >= 11 is 12.0. The Morgan fingerprint density at radius 1 is 1.47 bits per heavy atom. The van der Waals surface area contributed by atoms with Gasteiger partial charge in [0.25, 0.3) is 0 Å². The fourth-order valence-electron chi connectivity index (χ4n) is 2.16. The van der Waals surface area contributed by atoms with Gasteiger partial charge in [-0.15, -0.1) is 0 Å². The molecule has 1 aromatic heterocycles. The van der Waals surface area contributed by atoms with Crippen molar-refractivity contribution in [1.82, 2.24) is 9.88 Å². The maximum absolute atomic E-state index is 12.0. The second-order valence-corrected chi connectivity index (χ2v) is 5.35. The lowest BCUT2D eigenvalue weighted by atomic mass is 10.1. The lowest BCUT2D eigenvalue weighted by molar-refractivity contribution is -0.130. The molecule has 0 saturated carbocycles. The van der Waals surface area contributed by atoms with Gasteiger partial charge in [0.1, 0.15) is 0 Å². The fraction of sp³-hybridized carbons (Fsp3) is 0.462. The molecule has 0 N–H and O–H groups in total. The van der Waals surface area contributed by atoms with Crippen LogP contribution < -0.4 is 0 Å². The van der Waals surface area contributed by atoms with Crippen LogP contribution in [0.2, 0.25) is 10.0 Å². The van der Waals surface area contributed by atoms with Crippen LogP contribution in [0.25, 0.3) is 0 Å². The van der Waals surface area contributed by atoms with E-state index in [9.17, 15) is 4.79 Å². The van der Waals surface area contributed by atoms with E-state index in [2.05, 4.69) is 11.1 Å². The monoisotopic (exact) mass is 297 g/mol. The zero-order valence-corrected chi connectivity index (χ0v) is 11.8. The molecule has 100 valence electrons. The molecular weight excluding hydrogens is 285 g/mol. The van der Waals surface area contributed by atoms with Crippen LogP contribution in [0.3, 0.4) is 0 Å². The Kier molecular flexibility index (Phi) is 4.62. The van der Waals surface area contributed by atoms with E-state index in [-0.39, 0.29) is 11.8 Å². The summed E-state index contributed by atoms with van der Waals surface area (Å²) in [6.07, 6.45) is 4.65. The first kappa shape index (κ1) is 14.1. The van der Waals surface area contributed by atoms with Crippen molar-refractivity contribution in [2.24, 2.45) is 5.92 Å². The van der Waals surface area contributed by atoms with E-state index in [1.807, 2.05) is 0 Å². The van der Waals surface area contributed by atoms with Crippen molar-refractivity contribution >= 4 is 29.1 Å². The third-order valence-electron chi connectivity index (χ3n) is 3.26. The second-order valence-electron chi connectivity index (χ2n) is 4.54. The van der Waals surface area contributed by atoms with Crippen LogP contribution in [0.4, 0.5) is 0 Å². The highest BCUT2D eigenvalue weighted by molar-refractivity contribution is 6.35. The van der Waals surface area contributed by atoms with E-state index >= 15 is 0 Å². The summed E-state index contributed by atoms with van der Waals surface area (Å²) in [5.41, 5.74) is 0.753. The van der Waals surface area contributed by atoms with Gasteiger partial charge in [0, 0.05) is 31.9 Å². The lowest BCUT2D eigenvalue weighted by Gasteiger charge is -2.15. The van der Waals surface area contributed by atoms with Crippen molar-refractivity contribution in [2.45, 2.75) is 19.3 Å². The van der Waals surface area contributed by atoms with E-state index < -0.39 is 0 Å². The molecule has 1 aliphatic heterocycles. The highest BCUT2D eigenvalue weighted by Crippen LogP contribution is 2.25. The number of nitrogens with zero attached hydrogens (tertiary/aromatic N) is 3. The third-order valence-corrected chi connectivity index (χ3v) is 3.92. The Morgan fingerprint density at radius 2 is 2.16 bits per heavy atom. The van der Waals surface area contributed by atoms with Gasteiger partial charge in [-0.25, -0.2) is 0 Å². The minimum Gasteiger partial charge on any atom is -0.341 e. The Balaban J connectivity index is 1.93. The van der Waals surface area contributed by atoms with Gasteiger partial charge in [-0.05, 0) is 18.4 Å². The number of amides is 1. The molecule has 6 heteroatoms. The molecule has 1 aromatic rings. The van der Waals surface area contributed by atoms with Crippen molar-refractivity contribution in [1.29, 1.82) is 5.26 Å². The zero-order chi connectivity index (χ0) is 13.8. The first-order valence-corrected chi connectivity index (χ1v) is 6.82. The first-order valence-electron chi connectivity index (χ1n) is 6.07. The summed E-state index contributed by atoms with van der Waals surface area (Å²) in [6.45, 7) is 1.20. The largest absolute Gasteiger partial charge is 0.341 e. The zero-order valence-electron chi connectivity index (χ0n) is 10.3. The minimum absolute atomic E-state index is 0.0305. The SMILES string of the molecule is N#CC1CCN(C(=O)CCc2c(Cl)cncc2Cl)C1. The quantitative estimate of drug-likeness (QED) is 0.862. The van der Waals surface area contributed by atoms with Crippen LogP contribution in [-0.2, 0) is 11.2 Å². The summed E-state index contributed by atoms with van der Waals surface area (Å²) in [5.74, 6) is 0.0127. The molecule has 0 radical (unpaired) electrons. The predicted molar refractivity (Wildman–Crippen MR) is 72.9 cm³/mol. The number of hydrogen-bond donors (Lipinski definition) is 0. The standard InChI is InChI=1S/C13H13Cl2N3O/c14-11-6-17-7-12(15)10(11)1-2-13(19)18-4-3-9(5-16)8-18/h6-7,9H,1-4,8H2. The molecule has 0 bridgehead atoms. The number of carbonyl (C=O) groups excluding carboxylic acids is 1. The smallest absolute Gasteiger partial charge is 0.222 e. The predicted octanol–water partition coefficient (Wildman–Crippen LogP) is 2.69. The average molecular weight is 298 g/mol. The van der Waals surface area contributed by atoms with Gasteiger partial charge in [0.05, 0.1) is 22.0 Å². The molecule has 1 fully saturated rings. The van der Waals surface area contributed by atoms with Crippen molar-refractivity contribution in [3.8, 4) is 6.07 Å². The van der Waals surface area contributed by atoms with Crippen LogP contribution in [0.1, 0.15) is 18.4 Å². The maximum Gasteiger partial charge on any atom is 0.222 e. The van der Waals surface area contributed by atoms with Gasteiger partial charge >= 0.3 is 0 Å². The molecule has 2 rings (SSSR count). The molecule has 19 heavy (non-hydrogen) atoms. The Bertz CT molecular complexity index is 507. The number of likely N-dealkylation sites (tertiary alicyclic amines) is 1. The van der Waals surface area contributed by atoms with E-state index in [1.165, 1.54) is 12.4 Å². The lowest BCUT2D eigenvalue weighted by Crippen LogP contribution is -2.28. The number of pyridine rings is 1. The van der Waals surface area contributed by atoms with E-state index in [0.717, 1.165) is 12.0 Å². The number of carbonyl (C=O) groups is 1. The molecule has 0 aliphatic carbocycles. The van der Waals surface area contributed by atoms with Crippen molar-refractivity contribution in [3.05, 3.63) is 28.0 Å². The highest BCUT2D eigenvalue weighted by Gasteiger charge is 2.25. The summed E-state index contributed by atoms with van der Waals surface area (Å²) < 4.78 is 0. The summed E-state index contributed by atoms with van der Waals surface area (Å²) in [6, 6.07) is 2.20. The Morgan fingerprint density at radius 3 is 2.74 bits per heavy atom. The van der Waals surface area contributed by atoms with E-state index in [1.54, 1.807) is 4.90 Å². The second kappa shape index (κ2) is 6.23. The Labute approximate surface area is 121 Å². The topological polar surface area (TPSA) is 57.0 Å². The molecule has 1 aliphatic rings. The summed E-state index contributed by atoms with van der Waals surface area (Å²) in [4.78, 5) is 17.6. The molecule has 1 unspecified atom stereocenters. The van der Waals surface area contributed by atoms with Gasteiger partial charge in [-0.1, -0.05) is 23.2 Å². The van der Waals surface area contributed by atoms with Crippen LogP contribution in [0, 0.1) is 17.2 Å². The number of nitriles is 1. The molecule has 2 heterocycles. The van der Waals surface area contributed by atoms with Crippen molar-refractivity contribution in [3.63, 3.8) is 0 Å². The first-order chi connectivity index (χ1) is 9.11. The van der Waals surface area contributed by atoms with Crippen molar-refractivity contribution in [2.75, 3.05) is 13.1 Å². The van der Waals surface area contributed by atoms with Crippen LogP contribution in [-0.4, -0.2) is 28.9 Å². The number of rotatable bonds is 3. The maximum atomic E-state index is 12.0. The minimum atomic E-state index is -0.0305. The molecular formula is C13H13Cl2N3O. The van der Waals surface area contributed by atoms with Gasteiger partial charge in [-0.2, -0.15) is 5.26 Å². The number of hydrogen-bond acceptors (Lipinski definition) is 3. The molecule has 1 atom stereocenters. The van der Waals surface area contributed by atoms with Crippen LogP contribution in [0.5, 0.6) is 0 Å². The number of halogens is 2. The molecule has 1 saturated heterocycles. The van der Waals surface area contributed by atoms with E-state index in [4.69, 9.17) is 28.5 Å². The van der Waals surface area contributed by atoms with Crippen LogP contribution in [0.15, 0.2) is 12.4 Å². The normalized spacial score (nSPS) is 18.4. The van der Waals surface area contributed by atoms with Gasteiger partial charge in [0.15, 0.2) is 0 Å². The van der Waals surface area contributed by atoms with Gasteiger partial charge in [-0.3, -0.25) is 9.78 Å². The van der Waals surface area contributed by atoms with Crippen molar-refractivity contribution < 1.29 is 4.79 Å². The van der Waals surface area contributed by atoms with Gasteiger partial charge < -0.3 is 4.90 Å². The summed E-state index contributed by atoms with van der Waals surface area (Å²) in [5, 5.41) is 9.78. The highest BCUT2D eigenvalue weighted by atomic mass is 35.5. The van der Waals surface area contributed by atoms with E-state index in [0.29, 0.717) is 36.0 Å². The fourth-order valence-corrected chi connectivity index (χ4v) is 2.71. The molecule has 0 spiro atoms. The average Bonchev–Trinajstić information content (AvgIpc) is 2.86. The Hall–Kier alpha value is -1.31. The van der Waals surface area contributed by atoms with Crippen LogP contribution >= 0.6 is 23.2 Å².